The van der Waals surface area contributed by atoms with Gasteiger partial charge >= 0.3 is 6.18 Å². The molecule has 0 aliphatic carbocycles. The second kappa shape index (κ2) is 9.97. The number of Topliss-reactive ketones (excluding diaryl/α,β-unsaturated/α-hetero) is 1. The molecule has 172 valence electrons. The van der Waals surface area contributed by atoms with Gasteiger partial charge in [0.1, 0.15) is 12.4 Å². The average Bonchev–Trinajstić information content (AvgIpc) is 3.24. The summed E-state index contributed by atoms with van der Waals surface area (Å²) in [5.74, 6) is 1.44. The summed E-state index contributed by atoms with van der Waals surface area (Å²) in [5, 5.41) is 4.05. The van der Waals surface area contributed by atoms with Crippen LogP contribution in [-0.4, -0.2) is 84.0 Å². The second-order valence-electron chi connectivity index (χ2n) is 7.98. The fourth-order valence-corrected chi connectivity index (χ4v) is 3.89. The Morgan fingerprint density at radius 1 is 1.13 bits per heavy atom. The van der Waals surface area contributed by atoms with E-state index in [0.29, 0.717) is 36.7 Å². The zero-order valence-corrected chi connectivity index (χ0v) is 18.2. The molecule has 7 nitrogen and oxygen atoms in total. The fraction of sp³-hybridized carbons (Fsp3) is 0.619. The molecular formula is C21H29F3N4O3. The molecule has 0 atom stereocenters. The lowest BCUT2D eigenvalue weighted by molar-refractivity contribution is -0.174. The molecule has 3 heterocycles. The topological polar surface area (TPSA) is 63.7 Å². The van der Waals surface area contributed by atoms with Crippen LogP contribution in [0.2, 0.25) is 0 Å². The molecule has 1 saturated heterocycles. The molecule has 2 aromatic heterocycles. The number of ketones is 1. The van der Waals surface area contributed by atoms with Crippen LogP contribution in [-0.2, 0) is 4.74 Å². The molecule has 0 radical (unpaired) electrons. The number of carbonyl (C=O) groups is 1. The smallest absolute Gasteiger partial charge is 0.372 e. The van der Waals surface area contributed by atoms with E-state index in [2.05, 4.69) is 19.7 Å². The maximum Gasteiger partial charge on any atom is 0.411 e. The number of alkyl halides is 3. The Morgan fingerprint density at radius 2 is 1.81 bits per heavy atom. The van der Waals surface area contributed by atoms with Gasteiger partial charge in [-0.3, -0.25) is 14.3 Å². The summed E-state index contributed by atoms with van der Waals surface area (Å²) < 4.78 is 47.9. The molecule has 0 N–H and O–H groups in total. The number of rotatable bonds is 9. The highest BCUT2D eigenvalue weighted by atomic mass is 19.4. The molecule has 0 aromatic carbocycles. The van der Waals surface area contributed by atoms with Crippen molar-refractivity contribution in [2.24, 2.45) is 0 Å². The van der Waals surface area contributed by atoms with Gasteiger partial charge in [-0.15, -0.1) is 0 Å². The van der Waals surface area contributed by atoms with Crippen LogP contribution in [0.3, 0.4) is 0 Å². The number of aryl methyl sites for hydroxylation is 2. The predicted octanol–water partition coefficient (Wildman–Crippen LogP) is 3.16. The maximum atomic E-state index is 12.9. The van der Waals surface area contributed by atoms with Crippen molar-refractivity contribution in [2.45, 2.75) is 33.4 Å². The van der Waals surface area contributed by atoms with E-state index in [1.165, 1.54) is 0 Å². The van der Waals surface area contributed by atoms with Gasteiger partial charge in [0.05, 0.1) is 6.54 Å². The molecule has 31 heavy (non-hydrogen) atoms. The highest BCUT2D eigenvalue weighted by Crippen LogP contribution is 2.21. The maximum absolute atomic E-state index is 12.9. The minimum absolute atomic E-state index is 0.0635. The molecule has 0 bridgehead atoms. The zero-order chi connectivity index (χ0) is 22.6. The molecule has 0 unspecified atom stereocenters. The zero-order valence-electron chi connectivity index (χ0n) is 18.2. The Kier molecular flexibility index (Phi) is 7.55. The molecule has 10 heteroatoms. The monoisotopic (exact) mass is 442 g/mol. The largest absolute Gasteiger partial charge is 0.411 e. The molecule has 0 saturated carbocycles. The lowest BCUT2D eigenvalue weighted by atomic mass is 10.1. The SMILES string of the molecule is Cc1cc(-n2c(C)cc(C(=O)CN3CCN(CCCOCC(F)(F)F)CC3)c2C)no1. The van der Waals surface area contributed by atoms with Gasteiger partial charge in [-0.25, -0.2) is 0 Å². The van der Waals surface area contributed by atoms with Crippen molar-refractivity contribution in [3.63, 3.8) is 0 Å². The summed E-state index contributed by atoms with van der Waals surface area (Å²) in [4.78, 5) is 17.2. The number of nitrogens with zero attached hydrogens (tertiary/aromatic N) is 4. The summed E-state index contributed by atoms with van der Waals surface area (Å²) in [6, 6.07) is 3.72. The number of carbonyl (C=O) groups excluding carboxylic acids is 1. The number of hydrogen-bond donors (Lipinski definition) is 0. The third-order valence-corrected chi connectivity index (χ3v) is 5.44. The molecule has 1 aliphatic rings. The van der Waals surface area contributed by atoms with E-state index in [9.17, 15) is 18.0 Å². The van der Waals surface area contributed by atoms with Crippen molar-refractivity contribution in [3.8, 4) is 5.82 Å². The van der Waals surface area contributed by atoms with Gasteiger partial charge in [-0.1, -0.05) is 5.16 Å². The second-order valence-corrected chi connectivity index (χ2v) is 7.98. The molecular weight excluding hydrogens is 413 g/mol. The highest BCUT2D eigenvalue weighted by molar-refractivity contribution is 5.99. The highest BCUT2D eigenvalue weighted by Gasteiger charge is 2.27. The standard InChI is InChI=1S/C21H29F3N4O3/c1-15-11-18(17(3)28(15)20-12-16(2)31-25-20)19(29)13-27-8-6-26(7-9-27)5-4-10-30-14-21(22,23)24/h11-12H,4-10,13-14H2,1-3H3. The lowest BCUT2D eigenvalue weighted by Gasteiger charge is -2.34. The van der Waals surface area contributed by atoms with E-state index >= 15 is 0 Å². The van der Waals surface area contributed by atoms with Crippen molar-refractivity contribution in [3.05, 3.63) is 34.8 Å². The van der Waals surface area contributed by atoms with Crippen molar-refractivity contribution in [1.29, 1.82) is 0 Å². The van der Waals surface area contributed by atoms with Gasteiger partial charge in [0.15, 0.2) is 11.6 Å². The van der Waals surface area contributed by atoms with E-state index in [4.69, 9.17) is 4.52 Å². The normalized spacial score (nSPS) is 16.2. The molecule has 1 fully saturated rings. The Balaban J connectivity index is 1.45. The first kappa shape index (κ1) is 23.5. The van der Waals surface area contributed by atoms with Crippen LogP contribution in [0.15, 0.2) is 16.7 Å². The summed E-state index contributed by atoms with van der Waals surface area (Å²) in [6.07, 6.45) is -3.72. The van der Waals surface area contributed by atoms with E-state index in [1.807, 2.05) is 37.5 Å². The molecule has 0 amide bonds. The third kappa shape index (κ3) is 6.41. The van der Waals surface area contributed by atoms with Gasteiger partial charge < -0.3 is 14.2 Å². The average molecular weight is 442 g/mol. The Hall–Kier alpha value is -2.17. The third-order valence-electron chi connectivity index (χ3n) is 5.44. The Bertz CT molecular complexity index is 883. The van der Waals surface area contributed by atoms with E-state index in [-0.39, 0.29) is 12.4 Å². The molecule has 3 rings (SSSR count). The van der Waals surface area contributed by atoms with Crippen molar-refractivity contribution < 1.29 is 27.2 Å². The minimum atomic E-state index is -4.27. The van der Waals surface area contributed by atoms with Gasteiger partial charge in [0, 0.05) is 62.3 Å². The van der Waals surface area contributed by atoms with Crippen LogP contribution in [0, 0.1) is 20.8 Å². The van der Waals surface area contributed by atoms with Crippen molar-refractivity contribution >= 4 is 5.78 Å². The minimum Gasteiger partial charge on any atom is -0.372 e. The Morgan fingerprint density at radius 3 is 2.42 bits per heavy atom. The summed E-state index contributed by atoms with van der Waals surface area (Å²) in [6.45, 7) is 8.65. The number of piperazine rings is 1. The molecule has 2 aromatic rings. The fourth-order valence-electron chi connectivity index (χ4n) is 3.89. The number of ether oxygens (including phenoxy) is 1. The first-order valence-electron chi connectivity index (χ1n) is 10.4. The summed E-state index contributed by atoms with van der Waals surface area (Å²) in [5.41, 5.74) is 2.45. The number of aromatic nitrogens is 2. The quantitative estimate of drug-likeness (QED) is 0.439. The number of halogens is 3. The van der Waals surface area contributed by atoms with Gasteiger partial charge in [0.25, 0.3) is 0 Å². The Labute approximate surface area is 179 Å². The lowest BCUT2D eigenvalue weighted by Crippen LogP contribution is -2.48. The summed E-state index contributed by atoms with van der Waals surface area (Å²) >= 11 is 0. The first-order valence-corrected chi connectivity index (χ1v) is 10.4. The summed E-state index contributed by atoms with van der Waals surface area (Å²) in [7, 11) is 0. The number of hydrogen-bond acceptors (Lipinski definition) is 6. The van der Waals surface area contributed by atoms with Gasteiger partial charge in [-0.05, 0) is 33.3 Å². The van der Waals surface area contributed by atoms with Crippen LogP contribution < -0.4 is 0 Å². The van der Waals surface area contributed by atoms with E-state index in [0.717, 1.165) is 37.6 Å². The molecule has 0 spiro atoms. The van der Waals surface area contributed by atoms with Crippen LogP contribution in [0.4, 0.5) is 13.2 Å². The van der Waals surface area contributed by atoms with Crippen molar-refractivity contribution in [1.82, 2.24) is 19.5 Å². The van der Waals surface area contributed by atoms with Crippen LogP contribution in [0.25, 0.3) is 5.82 Å². The van der Waals surface area contributed by atoms with Crippen LogP contribution >= 0.6 is 0 Å². The van der Waals surface area contributed by atoms with E-state index in [1.54, 1.807) is 0 Å². The van der Waals surface area contributed by atoms with E-state index < -0.39 is 12.8 Å². The van der Waals surface area contributed by atoms with Gasteiger partial charge in [-0.2, -0.15) is 13.2 Å². The van der Waals surface area contributed by atoms with Gasteiger partial charge in [0.2, 0.25) is 0 Å². The van der Waals surface area contributed by atoms with Crippen molar-refractivity contribution in [2.75, 3.05) is 52.5 Å². The molecule has 1 aliphatic heterocycles. The predicted molar refractivity (Wildman–Crippen MR) is 109 cm³/mol. The first-order chi connectivity index (χ1) is 14.6. The van der Waals surface area contributed by atoms with Crippen LogP contribution in [0.5, 0.6) is 0 Å². The van der Waals surface area contributed by atoms with Crippen LogP contribution in [0.1, 0.15) is 33.9 Å².